The Labute approximate surface area is 191 Å². The highest BCUT2D eigenvalue weighted by atomic mass is 16.5. The Bertz CT molecular complexity index is 870. The zero-order valence-corrected chi connectivity index (χ0v) is 19.5. The number of fused-ring (bicyclic) bond motifs is 6. The van der Waals surface area contributed by atoms with Crippen LogP contribution in [0.1, 0.15) is 44.1 Å². The lowest BCUT2D eigenvalue weighted by atomic mass is 9.68. The number of urea groups is 1. The first kappa shape index (κ1) is 21.6. The number of amides is 2. The van der Waals surface area contributed by atoms with E-state index in [1.165, 1.54) is 50.8 Å². The van der Waals surface area contributed by atoms with Crippen LogP contribution in [-0.2, 0) is 6.42 Å². The minimum atomic E-state index is 0.0975. The zero-order chi connectivity index (χ0) is 22.1. The van der Waals surface area contributed by atoms with Gasteiger partial charge in [0.2, 0.25) is 0 Å². The molecule has 3 aliphatic heterocycles. The van der Waals surface area contributed by atoms with Crippen molar-refractivity contribution in [2.24, 2.45) is 11.8 Å². The van der Waals surface area contributed by atoms with Crippen molar-refractivity contribution in [3.8, 4) is 11.5 Å². The molecule has 0 aromatic heterocycles. The van der Waals surface area contributed by atoms with Gasteiger partial charge in [-0.25, -0.2) is 4.79 Å². The number of likely N-dealkylation sites (tertiary alicyclic amines) is 1. The number of benzene rings is 1. The van der Waals surface area contributed by atoms with Gasteiger partial charge in [-0.3, -0.25) is 4.90 Å². The summed E-state index contributed by atoms with van der Waals surface area (Å²) in [6, 6.07) is 7.09. The average molecular weight is 440 g/mol. The van der Waals surface area contributed by atoms with Gasteiger partial charge in [0.15, 0.2) is 11.5 Å². The fraction of sp³-hybridized carbons (Fsp3) is 0.654. The van der Waals surface area contributed by atoms with Gasteiger partial charge in [-0.1, -0.05) is 24.1 Å². The van der Waals surface area contributed by atoms with Crippen LogP contribution in [0.3, 0.4) is 0 Å². The number of piperidine rings is 3. The monoisotopic (exact) mass is 439 g/mol. The summed E-state index contributed by atoms with van der Waals surface area (Å²) in [6.07, 6.45) is 10.9. The summed E-state index contributed by atoms with van der Waals surface area (Å²) in [6.45, 7) is 3.90. The fourth-order valence-electron chi connectivity index (χ4n) is 6.65. The molecule has 2 amide bonds. The summed E-state index contributed by atoms with van der Waals surface area (Å²) in [5, 5.41) is 3.20. The number of ether oxygens (including phenoxy) is 2. The largest absolute Gasteiger partial charge is 0.493 e. The van der Waals surface area contributed by atoms with Crippen LogP contribution in [0, 0.1) is 11.8 Å². The van der Waals surface area contributed by atoms with Crippen molar-refractivity contribution >= 4 is 6.03 Å². The Morgan fingerprint density at radius 3 is 2.84 bits per heavy atom. The van der Waals surface area contributed by atoms with Gasteiger partial charge in [-0.05, 0) is 74.6 Å². The molecule has 5 rings (SSSR count). The van der Waals surface area contributed by atoms with Crippen molar-refractivity contribution in [2.45, 2.75) is 57.0 Å². The van der Waals surface area contributed by atoms with Gasteiger partial charge in [0.25, 0.3) is 0 Å². The normalized spacial score (nSPS) is 29.4. The SMILES string of the molecule is COc1ccc(CCNC(=O)N2CCCC3=C[C@H]4C[C@@H](CN5CCCC[C@H]45)[C@@H]32)cc1OC. The van der Waals surface area contributed by atoms with Crippen LogP contribution in [-0.4, -0.2) is 68.3 Å². The number of carbonyl (C=O) groups excluding carboxylic acids is 1. The van der Waals surface area contributed by atoms with E-state index in [0.717, 1.165) is 42.5 Å². The highest BCUT2D eigenvalue weighted by Gasteiger charge is 2.46. The summed E-state index contributed by atoms with van der Waals surface area (Å²) in [5.41, 5.74) is 2.67. The van der Waals surface area contributed by atoms with E-state index in [1.54, 1.807) is 14.2 Å². The molecule has 0 saturated carbocycles. The molecule has 0 radical (unpaired) electrons. The maximum Gasteiger partial charge on any atom is 0.317 e. The smallest absolute Gasteiger partial charge is 0.317 e. The minimum absolute atomic E-state index is 0.0975. The van der Waals surface area contributed by atoms with E-state index < -0.39 is 0 Å². The fourth-order valence-corrected chi connectivity index (χ4v) is 6.65. The van der Waals surface area contributed by atoms with Crippen LogP contribution in [0.5, 0.6) is 11.5 Å². The maximum absolute atomic E-state index is 13.2. The number of hydrogen-bond donors (Lipinski definition) is 1. The van der Waals surface area contributed by atoms with Crippen molar-refractivity contribution in [3.05, 3.63) is 35.4 Å². The molecule has 0 unspecified atom stereocenters. The van der Waals surface area contributed by atoms with Crippen molar-refractivity contribution in [3.63, 3.8) is 0 Å². The number of carbonyl (C=O) groups is 1. The molecule has 0 spiro atoms. The summed E-state index contributed by atoms with van der Waals surface area (Å²) in [7, 11) is 3.29. The predicted molar refractivity (Wildman–Crippen MR) is 125 cm³/mol. The first-order valence-corrected chi connectivity index (χ1v) is 12.4. The van der Waals surface area contributed by atoms with Crippen LogP contribution >= 0.6 is 0 Å². The van der Waals surface area contributed by atoms with Gasteiger partial charge in [0.1, 0.15) is 0 Å². The first-order valence-electron chi connectivity index (χ1n) is 12.4. The lowest BCUT2D eigenvalue weighted by molar-refractivity contribution is 0.00793. The van der Waals surface area contributed by atoms with E-state index in [-0.39, 0.29) is 6.03 Å². The van der Waals surface area contributed by atoms with Gasteiger partial charge >= 0.3 is 6.03 Å². The first-order chi connectivity index (χ1) is 15.7. The second-order valence-electron chi connectivity index (χ2n) is 9.87. The highest BCUT2D eigenvalue weighted by Crippen LogP contribution is 2.45. The second kappa shape index (κ2) is 9.34. The molecule has 1 N–H and O–H groups in total. The van der Waals surface area contributed by atoms with Crippen molar-refractivity contribution in [1.82, 2.24) is 15.1 Å². The molecule has 174 valence electrons. The summed E-state index contributed by atoms with van der Waals surface area (Å²) < 4.78 is 10.7. The third-order valence-electron chi connectivity index (χ3n) is 8.06. The zero-order valence-electron chi connectivity index (χ0n) is 19.5. The summed E-state index contributed by atoms with van der Waals surface area (Å²) >= 11 is 0. The molecule has 6 heteroatoms. The quantitative estimate of drug-likeness (QED) is 0.708. The Morgan fingerprint density at radius 2 is 2.00 bits per heavy atom. The maximum atomic E-state index is 13.2. The third-order valence-corrected chi connectivity index (χ3v) is 8.06. The Morgan fingerprint density at radius 1 is 1.12 bits per heavy atom. The van der Waals surface area contributed by atoms with Crippen LogP contribution in [0.2, 0.25) is 0 Å². The van der Waals surface area contributed by atoms with Gasteiger partial charge in [-0.15, -0.1) is 0 Å². The Hall–Kier alpha value is -2.21. The molecule has 3 fully saturated rings. The van der Waals surface area contributed by atoms with E-state index in [9.17, 15) is 4.79 Å². The number of nitrogens with zero attached hydrogens (tertiary/aromatic N) is 2. The highest BCUT2D eigenvalue weighted by molar-refractivity contribution is 5.75. The number of hydrogen-bond acceptors (Lipinski definition) is 4. The third kappa shape index (κ3) is 4.09. The molecule has 2 bridgehead atoms. The average Bonchev–Trinajstić information content (AvgIpc) is 2.83. The number of nitrogens with one attached hydrogen (secondary N) is 1. The molecule has 1 aromatic carbocycles. The number of methoxy groups -OCH3 is 2. The molecule has 32 heavy (non-hydrogen) atoms. The molecular weight excluding hydrogens is 402 g/mol. The Balaban J connectivity index is 1.23. The van der Waals surface area contributed by atoms with Gasteiger partial charge in [-0.2, -0.15) is 0 Å². The molecular formula is C26H37N3O3. The van der Waals surface area contributed by atoms with E-state index >= 15 is 0 Å². The predicted octanol–water partition coefficient (Wildman–Crippen LogP) is 3.85. The van der Waals surface area contributed by atoms with E-state index in [4.69, 9.17) is 9.47 Å². The second-order valence-corrected chi connectivity index (χ2v) is 9.87. The van der Waals surface area contributed by atoms with Crippen LogP contribution in [0.4, 0.5) is 4.79 Å². The molecule has 6 nitrogen and oxygen atoms in total. The van der Waals surface area contributed by atoms with E-state index in [1.807, 2.05) is 18.2 Å². The molecule has 4 aliphatic rings. The van der Waals surface area contributed by atoms with Crippen molar-refractivity contribution in [1.29, 1.82) is 0 Å². The van der Waals surface area contributed by atoms with Crippen molar-refractivity contribution < 1.29 is 14.3 Å². The van der Waals surface area contributed by atoms with Crippen LogP contribution in [0.25, 0.3) is 0 Å². The minimum Gasteiger partial charge on any atom is -0.493 e. The molecule has 3 saturated heterocycles. The van der Waals surface area contributed by atoms with E-state index in [0.29, 0.717) is 24.4 Å². The molecule has 1 aromatic rings. The lowest BCUT2D eigenvalue weighted by Gasteiger charge is -2.54. The van der Waals surface area contributed by atoms with Gasteiger partial charge in [0.05, 0.1) is 20.3 Å². The van der Waals surface area contributed by atoms with Crippen molar-refractivity contribution in [2.75, 3.05) is 40.4 Å². The standard InChI is InChI=1S/C26H37N3O3/c1-31-23-9-8-18(14-24(23)32-2)10-11-27-26(30)29-13-5-6-19-15-20-16-21(25(19)29)17-28-12-4-3-7-22(20)28/h8-9,14-15,20-22,25H,3-7,10-13,16-17H2,1-2H3,(H,27,30)/t20-,21-,22+,25+/m0/s1. The lowest BCUT2D eigenvalue weighted by Crippen LogP contribution is -2.61. The van der Waals surface area contributed by atoms with Crippen LogP contribution < -0.4 is 14.8 Å². The van der Waals surface area contributed by atoms with E-state index in [2.05, 4.69) is 21.2 Å². The number of rotatable bonds is 5. The Kier molecular flexibility index (Phi) is 6.31. The molecule has 4 atom stereocenters. The summed E-state index contributed by atoms with van der Waals surface area (Å²) in [5.74, 6) is 2.75. The van der Waals surface area contributed by atoms with Crippen LogP contribution in [0.15, 0.2) is 29.8 Å². The molecule has 1 aliphatic carbocycles. The topological polar surface area (TPSA) is 54.0 Å². The van der Waals surface area contributed by atoms with Gasteiger partial charge in [0, 0.05) is 25.7 Å². The molecule has 3 heterocycles. The van der Waals surface area contributed by atoms with Gasteiger partial charge < -0.3 is 19.7 Å². The summed E-state index contributed by atoms with van der Waals surface area (Å²) in [4.78, 5) is 18.1.